The predicted molar refractivity (Wildman–Crippen MR) is 148 cm³/mol. The van der Waals surface area contributed by atoms with Gasteiger partial charge in [0, 0.05) is 31.1 Å². The van der Waals surface area contributed by atoms with Gasteiger partial charge in [-0.25, -0.2) is 9.78 Å². The fraction of sp³-hybridized carbons (Fsp3) is 0.414. The lowest BCUT2D eigenvalue weighted by molar-refractivity contribution is 0.0499. The number of carbonyl (C=O) groups excluding carboxylic acids is 2. The van der Waals surface area contributed by atoms with Crippen LogP contribution < -0.4 is 15.0 Å². The summed E-state index contributed by atoms with van der Waals surface area (Å²) < 4.78 is 11.4. The average molecular weight is 522 g/mol. The van der Waals surface area contributed by atoms with Gasteiger partial charge in [-0.3, -0.25) is 4.79 Å². The van der Waals surface area contributed by atoms with E-state index in [1.807, 2.05) is 82.3 Å². The molecule has 1 N–H and O–H groups in total. The summed E-state index contributed by atoms with van der Waals surface area (Å²) >= 11 is 1.44. The van der Waals surface area contributed by atoms with Crippen LogP contribution >= 0.6 is 11.3 Å². The minimum Gasteiger partial charge on any atom is -0.457 e. The summed E-state index contributed by atoms with van der Waals surface area (Å²) in [6, 6.07) is 17.3. The first kappa shape index (κ1) is 26.7. The molecule has 2 heterocycles. The number of thiazole rings is 1. The number of alkyl carbamates (subject to hydrolysis) is 1. The number of Topliss-reactive ketones (excluding diaryl/α,β-unsaturated/α-hetero) is 1. The third-order valence-electron chi connectivity index (χ3n) is 5.87. The second-order valence-corrected chi connectivity index (χ2v) is 11.2. The minimum atomic E-state index is -0.543. The van der Waals surface area contributed by atoms with E-state index >= 15 is 0 Å². The Balaban J connectivity index is 1.53. The van der Waals surface area contributed by atoms with Crippen LogP contribution in [0, 0.1) is 0 Å². The van der Waals surface area contributed by atoms with Crippen molar-refractivity contribution in [1.82, 2.24) is 10.3 Å². The van der Waals surface area contributed by atoms with Crippen molar-refractivity contribution in [2.75, 3.05) is 18.0 Å². The third kappa shape index (κ3) is 7.32. The number of nitrogens with zero attached hydrogens (tertiary/aromatic N) is 2. The Kier molecular flexibility index (Phi) is 8.48. The fourth-order valence-electron chi connectivity index (χ4n) is 4.22. The highest BCUT2D eigenvalue weighted by molar-refractivity contribution is 7.18. The summed E-state index contributed by atoms with van der Waals surface area (Å²) in [5, 5.41) is 3.79. The highest BCUT2D eigenvalue weighted by atomic mass is 32.1. The SMILES string of the molecule is CCCC(=O)c1sc(N2CCCC(NC(=O)OC(C)(C)C)C2)nc1-c1ccc(Oc2ccccc2)cc1. The van der Waals surface area contributed by atoms with Crippen LogP contribution in [0.2, 0.25) is 0 Å². The van der Waals surface area contributed by atoms with Gasteiger partial charge in [-0.15, -0.1) is 0 Å². The van der Waals surface area contributed by atoms with E-state index in [2.05, 4.69) is 10.2 Å². The van der Waals surface area contributed by atoms with Crippen LogP contribution in [-0.4, -0.2) is 41.6 Å². The quantitative estimate of drug-likeness (QED) is 0.319. The number of ether oxygens (including phenoxy) is 2. The van der Waals surface area contributed by atoms with Crippen LogP contribution in [0.5, 0.6) is 11.5 Å². The van der Waals surface area contributed by atoms with E-state index in [0.29, 0.717) is 23.5 Å². The Labute approximate surface area is 222 Å². The molecule has 1 aliphatic rings. The van der Waals surface area contributed by atoms with Crippen molar-refractivity contribution < 1.29 is 19.1 Å². The van der Waals surface area contributed by atoms with E-state index in [4.69, 9.17) is 14.5 Å². The molecular formula is C29H35N3O4S. The number of benzene rings is 2. The summed E-state index contributed by atoms with van der Waals surface area (Å²) in [4.78, 5) is 33.1. The Morgan fingerprint density at radius 1 is 1.08 bits per heavy atom. The number of amides is 1. The highest BCUT2D eigenvalue weighted by Gasteiger charge is 2.28. The van der Waals surface area contributed by atoms with Crippen LogP contribution in [-0.2, 0) is 4.74 Å². The van der Waals surface area contributed by atoms with E-state index in [0.717, 1.165) is 48.0 Å². The molecule has 0 bridgehead atoms. The van der Waals surface area contributed by atoms with Gasteiger partial charge in [0.25, 0.3) is 0 Å². The van der Waals surface area contributed by atoms with Gasteiger partial charge >= 0.3 is 6.09 Å². The van der Waals surface area contributed by atoms with E-state index in [1.165, 1.54) is 11.3 Å². The molecule has 7 nitrogen and oxygen atoms in total. The Hall–Kier alpha value is -3.39. The molecule has 2 aromatic carbocycles. The van der Waals surface area contributed by atoms with Gasteiger partial charge in [-0.05, 0) is 76.4 Å². The largest absolute Gasteiger partial charge is 0.457 e. The van der Waals surface area contributed by atoms with Crippen LogP contribution in [0.1, 0.15) is 63.0 Å². The van der Waals surface area contributed by atoms with Crippen molar-refractivity contribution in [3.8, 4) is 22.8 Å². The lowest BCUT2D eigenvalue weighted by atomic mass is 10.1. The molecule has 1 atom stereocenters. The minimum absolute atomic E-state index is 0.0415. The number of ketones is 1. The predicted octanol–water partition coefficient (Wildman–Crippen LogP) is 7.08. The molecule has 0 spiro atoms. The molecule has 0 aliphatic carbocycles. The molecule has 196 valence electrons. The van der Waals surface area contributed by atoms with Crippen molar-refractivity contribution >= 4 is 28.3 Å². The lowest BCUT2D eigenvalue weighted by Gasteiger charge is -2.33. The summed E-state index contributed by atoms with van der Waals surface area (Å²) in [5.41, 5.74) is 1.04. The summed E-state index contributed by atoms with van der Waals surface area (Å²) in [5.74, 6) is 1.59. The van der Waals surface area contributed by atoms with Crippen LogP contribution in [0.15, 0.2) is 54.6 Å². The molecule has 4 rings (SSSR count). The smallest absolute Gasteiger partial charge is 0.407 e. The van der Waals surface area contributed by atoms with Gasteiger partial charge in [0.15, 0.2) is 10.9 Å². The topological polar surface area (TPSA) is 80.8 Å². The second-order valence-electron chi connectivity index (χ2n) is 10.2. The zero-order valence-electron chi connectivity index (χ0n) is 22.0. The summed E-state index contributed by atoms with van der Waals surface area (Å²) in [6.45, 7) is 9.01. The lowest BCUT2D eigenvalue weighted by Crippen LogP contribution is -2.49. The standard InChI is InChI=1S/C29H35N3O4S/c1-5-10-24(33)26-25(20-14-16-23(17-15-20)35-22-12-7-6-8-13-22)31-27(37-26)32-18-9-11-21(19-32)30-28(34)36-29(2,3)4/h6-8,12-17,21H,5,9-11,18-19H2,1-4H3,(H,30,34). The van der Waals surface area contributed by atoms with Crippen molar-refractivity contribution in [2.45, 2.75) is 65.0 Å². The first-order valence-electron chi connectivity index (χ1n) is 12.8. The van der Waals surface area contributed by atoms with E-state index in [-0.39, 0.29) is 11.8 Å². The maximum Gasteiger partial charge on any atom is 0.407 e. The first-order valence-corrected chi connectivity index (χ1v) is 13.7. The molecule has 1 aliphatic heterocycles. The molecule has 1 aromatic heterocycles. The number of hydrogen-bond donors (Lipinski definition) is 1. The van der Waals surface area contributed by atoms with Crippen molar-refractivity contribution in [3.63, 3.8) is 0 Å². The van der Waals surface area contributed by atoms with Crippen LogP contribution in [0.3, 0.4) is 0 Å². The molecule has 8 heteroatoms. The Morgan fingerprint density at radius 2 is 1.78 bits per heavy atom. The van der Waals surface area contributed by atoms with Gasteiger partial charge < -0.3 is 19.7 Å². The molecule has 1 unspecified atom stereocenters. The van der Waals surface area contributed by atoms with Gasteiger partial charge in [-0.2, -0.15) is 0 Å². The normalized spacial score (nSPS) is 15.8. The Morgan fingerprint density at radius 3 is 2.46 bits per heavy atom. The maximum absolute atomic E-state index is 13.0. The monoisotopic (exact) mass is 521 g/mol. The number of aromatic nitrogens is 1. The van der Waals surface area contributed by atoms with Crippen molar-refractivity contribution in [1.29, 1.82) is 0 Å². The molecule has 1 saturated heterocycles. The average Bonchev–Trinajstić information content (AvgIpc) is 3.30. The maximum atomic E-state index is 13.0. The number of hydrogen-bond acceptors (Lipinski definition) is 7. The second kappa shape index (κ2) is 11.8. The fourth-order valence-corrected chi connectivity index (χ4v) is 5.31. The van der Waals surface area contributed by atoms with Crippen LogP contribution in [0.4, 0.5) is 9.93 Å². The zero-order chi connectivity index (χ0) is 26.4. The molecule has 37 heavy (non-hydrogen) atoms. The Bertz CT molecular complexity index is 1200. The van der Waals surface area contributed by atoms with Crippen LogP contribution in [0.25, 0.3) is 11.3 Å². The first-order chi connectivity index (χ1) is 17.7. The van der Waals surface area contributed by atoms with E-state index in [9.17, 15) is 9.59 Å². The number of carbonyl (C=O) groups is 2. The van der Waals surface area contributed by atoms with Gasteiger partial charge in [0.1, 0.15) is 17.1 Å². The van der Waals surface area contributed by atoms with Gasteiger partial charge in [0.2, 0.25) is 0 Å². The van der Waals surface area contributed by atoms with Gasteiger partial charge in [0.05, 0.1) is 10.6 Å². The molecule has 1 amide bonds. The molecule has 0 radical (unpaired) electrons. The van der Waals surface area contributed by atoms with Crippen molar-refractivity contribution in [2.24, 2.45) is 0 Å². The number of anilines is 1. The molecule has 1 fully saturated rings. The number of piperidine rings is 1. The third-order valence-corrected chi connectivity index (χ3v) is 7.02. The van der Waals surface area contributed by atoms with Crippen molar-refractivity contribution in [3.05, 3.63) is 59.5 Å². The number of rotatable bonds is 8. The van der Waals surface area contributed by atoms with E-state index < -0.39 is 11.7 Å². The number of para-hydroxylation sites is 1. The molecule has 0 saturated carbocycles. The summed E-state index contributed by atoms with van der Waals surface area (Å²) in [6.07, 6.45) is 2.64. The highest BCUT2D eigenvalue weighted by Crippen LogP contribution is 2.36. The molecule has 3 aromatic rings. The zero-order valence-corrected chi connectivity index (χ0v) is 22.8. The van der Waals surface area contributed by atoms with E-state index in [1.54, 1.807) is 0 Å². The summed E-state index contributed by atoms with van der Waals surface area (Å²) in [7, 11) is 0. The van der Waals surface area contributed by atoms with Gasteiger partial charge in [-0.1, -0.05) is 36.5 Å². The molecular weight excluding hydrogens is 486 g/mol. The number of nitrogens with one attached hydrogen (secondary N) is 1.